The second-order valence-corrected chi connectivity index (χ2v) is 8.12. The third-order valence-electron chi connectivity index (χ3n) is 4.19. The van der Waals surface area contributed by atoms with Crippen LogP contribution < -0.4 is 10.0 Å². The van der Waals surface area contributed by atoms with E-state index in [-0.39, 0.29) is 11.5 Å². The Kier molecular flexibility index (Phi) is 4.76. The van der Waals surface area contributed by atoms with Crippen molar-refractivity contribution in [1.29, 1.82) is 0 Å². The predicted molar refractivity (Wildman–Crippen MR) is 85.7 cm³/mol. The Morgan fingerprint density at radius 3 is 2.48 bits per heavy atom. The molecule has 0 bridgehead atoms. The highest BCUT2D eigenvalue weighted by molar-refractivity contribution is 7.89. The molecule has 1 unspecified atom stereocenters. The molecule has 5 heteroatoms. The van der Waals surface area contributed by atoms with Gasteiger partial charge in [0, 0.05) is 12.6 Å². The molecule has 0 heterocycles. The summed E-state index contributed by atoms with van der Waals surface area (Å²) >= 11 is 0. The molecular weight excluding hydrogens is 284 g/mol. The molecule has 4 nitrogen and oxygen atoms in total. The Balaban J connectivity index is 2.27. The van der Waals surface area contributed by atoms with Gasteiger partial charge in [0.05, 0.1) is 4.90 Å². The van der Waals surface area contributed by atoms with Crippen molar-refractivity contribution < 1.29 is 8.42 Å². The van der Waals surface area contributed by atoms with Crippen molar-refractivity contribution in [3.63, 3.8) is 0 Å². The molecule has 1 fully saturated rings. The number of benzene rings is 1. The third kappa shape index (κ3) is 3.84. The topological polar surface area (TPSA) is 58.2 Å². The van der Waals surface area contributed by atoms with Gasteiger partial charge in [0.25, 0.3) is 0 Å². The second kappa shape index (κ2) is 6.07. The van der Waals surface area contributed by atoms with Crippen molar-refractivity contribution >= 4 is 10.0 Å². The van der Waals surface area contributed by atoms with Crippen LogP contribution in [-0.2, 0) is 23.0 Å². The zero-order valence-electron chi connectivity index (χ0n) is 13.4. The van der Waals surface area contributed by atoms with E-state index in [2.05, 4.69) is 23.9 Å². The summed E-state index contributed by atoms with van der Waals surface area (Å²) in [6.07, 6.45) is 1.62. The molecule has 0 saturated heterocycles. The van der Waals surface area contributed by atoms with Crippen molar-refractivity contribution in [3.8, 4) is 0 Å². The number of hydrogen-bond donors (Lipinski definition) is 2. The first-order chi connectivity index (χ1) is 9.80. The second-order valence-electron chi connectivity index (χ2n) is 6.44. The van der Waals surface area contributed by atoms with Gasteiger partial charge in [-0.05, 0) is 42.0 Å². The van der Waals surface area contributed by atoms with Crippen LogP contribution in [0.1, 0.15) is 45.2 Å². The highest BCUT2D eigenvalue weighted by Crippen LogP contribution is 2.45. The lowest BCUT2D eigenvalue weighted by molar-refractivity contribution is 0.554. The summed E-state index contributed by atoms with van der Waals surface area (Å²) in [5.74, 6) is 0. The van der Waals surface area contributed by atoms with E-state index in [4.69, 9.17) is 0 Å². The monoisotopic (exact) mass is 310 g/mol. The molecule has 1 aromatic rings. The van der Waals surface area contributed by atoms with E-state index in [1.165, 1.54) is 0 Å². The fraction of sp³-hybridized carbons (Fsp3) is 0.625. The van der Waals surface area contributed by atoms with Crippen LogP contribution in [0, 0.1) is 5.41 Å². The Hall–Kier alpha value is -0.910. The lowest BCUT2D eigenvalue weighted by Gasteiger charge is -2.13. The summed E-state index contributed by atoms with van der Waals surface area (Å²) in [7, 11) is -3.44. The maximum absolute atomic E-state index is 12.6. The summed E-state index contributed by atoms with van der Waals surface area (Å²) in [4.78, 5) is 0.433. The van der Waals surface area contributed by atoms with Gasteiger partial charge in [-0.2, -0.15) is 0 Å². The van der Waals surface area contributed by atoms with E-state index in [1.807, 2.05) is 26.0 Å². The molecule has 1 aromatic carbocycles. The van der Waals surface area contributed by atoms with Crippen LogP contribution in [0.5, 0.6) is 0 Å². The Morgan fingerprint density at radius 1 is 1.29 bits per heavy atom. The van der Waals surface area contributed by atoms with Gasteiger partial charge in [-0.3, -0.25) is 0 Å². The van der Waals surface area contributed by atoms with Crippen LogP contribution in [-0.4, -0.2) is 21.0 Å². The van der Waals surface area contributed by atoms with E-state index in [0.29, 0.717) is 17.9 Å². The van der Waals surface area contributed by atoms with Gasteiger partial charge in [0.15, 0.2) is 0 Å². The quantitative estimate of drug-likeness (QED) is 0.813. The maximum atomic E-state index is 12.6. The third-order valence-corrected chi connectivity index (χ3v) is 5.75. The largest absolute Gasteiger partial charge is 0.313 e. The maximum Gasteiger partial charge on any atom is 0.241 e. The zero-order chi connectivity index (χ0) is 15.7. The van der Waals surface area contributed by atoms with Gasteiger partial charge in [0.2, 0.25) is 10.0 Å². The van der Waals surface area contributed by atoms with Gasteiger partial charge in [-0.1, -0.05) is 39.8 Å². The average Bonchev–Trinajstić information content (AvgIpc) is 3.01. The summed E-state index contributed by atoms with van der Waals surface area (Å²) in [6, 6.07) is 5.80. The van der Waals surface area contributed by atoms with Gasteiger partial charge < -0.3 is 5.32 Å². The Morgan fingerprint density at radius 2 is 1.95 bits per heavy atom. The summed E-state index contributed by atoms with van der Waals surface area (Å²) in [6.45, 7) is 9.75. The molecule has 1 aliphatic carbocycles. The average molecular weight is 310 g/mol. The number of sulfonamides is 1. The SMILES string of the molecule is CCNCc1ccc(CC)c(S(=O)(=O)NC2CC2(C)C)c1. The van der Waals surface area contributed by atoms with Crippen LogP contribution in [0.4, 0.5) is 0 Å². The smallest absolute Gasteiger partial charge is 0.241 e. The van der Waals surface area contributed by atoms with Gasteiger partial charge in [0.1, 0.15) is 0 Å². The van der Waals surface area contributed by atoms with E-state index < -0.39 is 10.0 Å². The van der Waals surface area contributed by atoms with E-state index in [0.717, 1.165) is 24.1 Å². The number of rotatable bonds is 7. The molecule has 1 saturated carbocycles. The zero-order valence-corrected chi connectivity index (χ0v) is 14.2. The first kappa shape index (κ1) is 16.5. The highest BCUT2D eigenvalue weighted by Gasteiger charge is 2.48. The number of hydrogen-bond acceptors (Lipinski definition) is 3. The molecule has 0 radical (unpaired) electrons. The van der Waals surface area contributed by atoms with Gasteiger partial charge in [-0.25, -0.2) is 13.1 Å². The van der Waals surface area contributed by atoms with Crippen LogP contribution in [0.25, 0.3) is 0 Å². The summed E-state index contributed by atoms with van der Waals surface area (Å²) < 4.78 is 28.1. The molecular formula is C16H26N2O2S. The molecule has 2 rings (SSSR count). The molecule has 1 atom stereocenters. The van der Waals surface area contributed by atoms with Crippen molar-refractivity contribution in [2.24, 2.45) is 5.41 Å². The fourth-order valence-corrected chi connectivity index (χ4v) is 4.21. The summed E-state index contributed by atoms with van der Waals surface area (Å²) in [5, 5.41) is 3.23. The molecule has 0 amide bonds. The van der Waals surface area contributed by atoms with Gasteiger partial charge in [-0.15, -0.1) is 0 Å². The number of aryl methyl sites for hydroxylation is 1. The minimum atomic E-state index is -3.44. The summed E-state index contributed by atoms with van der Waals surface area (Å²) in [5.41, 5.74) is 1.96. The van der Waals surface area contributed by atoms with Crippen molar-refractivity contribution in [2.75, 3.05) is 6.54 Å². The van der Waals surface area contributed by atoms with Gasteiger partial charge >= 0.3 is 0 Å². The van der Waals surface area contributed by atoms with Crippen LogP contribution in [0.3, 0.4) is 0 Å². The molecule has 2 N–H and O–H groups in total. The minimum Gasteiger partial charge on any atom is -0.313 e. The fourth-order valence-electron chi connectivity index (χ4n) is 2.44. The Labute approximate surface area is 128 Å². The molecule has 21 heavy (non-hydrogen) atoms. The molecule has 1 aliphatic rings. The first-order valence-electron chi connectivity index (χ1n) is 7.65. The molecule has 0 aromatic heterocycles. The highest BCUT2D eigenvalue weighted by atomic mass is 32.2. The minimum absolute atomic E-state index is 0.0598. The van der Waals surface area contributed by atoms with Crippen LogP contribution >= 0.6 is 0 Å². The molecule has 118 valence electrons. The van der Waals surface area contributed by atoms with Crippen molar-refractivity contribution in [2.45, 2.75) is 58.0 Å². The Bertz CT molecular complexity index is 609. The first-order valence-corrected chi connectivity index (χ1v) is 9.13. The predicted octanol–water partition coefficient (Wildman–Crippen LogP) is 2.44. The molecule has 0 aliphatic heterocycles. The molecule has 0 spiro atoms. The van der Waals surface area contributed by atoms with Crippen LogP contribution in [0.15, 0.2) is 23.1 Å². The van der Waals surface area contributed by atoms with Crippen molar-refractivity contribution in [3.05, 3.63) is 29.3 Å². The normalized spacial score (nSPS) is 20.5. The lowest BCUT2D eigenvalue weighted by Crippen LogP contribution is -2.29. The van der Waals surface area contributed by atoms with Crippen molar-refractivity contribution in [1.82, 2.24) is 10.0 Å². The van der Waals surface area contributed by atoms with E-state index in [9.17, 15) is 8.42 Å². The van der Waals surface area contributed by atoms with E-state index >= 15 is 0 Å². The standard InChI is InChI=1S/C16H26N2O2S/c1-5-13-8-7-12(11-17-6-2)9-14(13)21(19,20)18-15-10-16(15,3)4/h7-9,15,17-18H,5-6,10-11H2,1-4H3. The van der Waals surface area contributed by atoms with E-state index in [1.54, 1.807) is 6.07 Å². The lowest BCUT2D eigenvalue weighted by atomic mass is 10.1. The van der Waals surface area contributed by atoms with Crippen LogP contribution in [0.2, 0.25) is 0 Å². The number of nitrogens with one attached hydrogen (secondary N) is 2.